The minimum atomic E-state index is -1.11. The van der Waals surface area contributed by atoms with Gasteiger partial charge in [-0.2, -0.15) is 0 Å². The topological polar surface area (TPSA) is 74.7 Å². The molecule has 0 atom stereocenters. The molecular weight excluding hydrogens is 250 g/mol. The van der Waals surface area contributed by atoms with Crippen LogP contribution in [0.4, 0.5) is 0 Å². The number of aromatic nitrogens is 1. The third-order valence-electron chi connectivity index (χ3n) is 2.35. The molecule has 0 bridgehead atoms. The van der Waals surface area contributed by atoms with Crippen molar-refractivity contribution in [3.63, 3.8) is 0 Å². The molecule has 1 rings (SSSR count). The molecule has 0 aliphatic rings. The van der Waals surface area contributed by atoms with Crippen LogP contribution >= 0.6 is 0 Å². The Bertz CT molecular complexity index is 428. The van der Waals surface area contributed by atoms with Crippen molar-refractivity contribution in [3.8, 4) is 5.88 Å². The van der Waals surface area contributed by atoms with Crippen LogP contribution in [0.3, 0.4) is 0 Å². The lowest BCUT2D eigenvalue weighted by molar-refractivity contribution is -0.156. The molecule has 0 amide bonds. The lowest BCUT2D eigenvalue weighted by Gasteiger charge is -2.14. The molecule has 104 valence electrons. The van der Waals surface area contributed by atoms with E-state index in [4.69, 9.17) is 14.2 Å². The van der Waals surface area contributed by atoms with Crippen LogP contribution in [0.2, 0.25) is 0 Å². The Morgan fingerprint density at radius 1 is 1.21 bits per heavy atom. The summed E-state index contributed by atoms with van der Waals surface area (Å²) < 4.78 is 14.8. The number of hydrogen-bond acceptors (Lipinski definition) is 6. The quantitative estimate of drug-likeness (QED) is 0.571. The van der Waals surface area contributed by atoms with Crippen LogP contribution in [0.25, 0.3) is 0 Å². The molecule has 6 nitrogen and oxygen atoms in total. The summed E-state index contributed by atoms with van der Waals surface area (Å²) in [4.78, 5) is 27.7. The van der Waals surface area contributed by atoms with Gasteiger partial charge in [-0.3, -0.25) is 9.59 Å². The average molecular weight is 267 g/mol. The van der Waals surface area contributed by atoms with Crippen LogP contribution in [0, 0.1) is 0 Å². The second-order valence-corrected chi connectivity index (χ2v) is 3.57. The standard InChI is InChI=1S/C13H17NO5/c1-4-18-12(15)11(13(16)19-5-2)9-6-7-14-10(8-9)17-3/h6-8,11H,4-5H2,1-3H3. The third kappa shape index (κ3) is 3.94. The molecule has 0 aliphatic carbocycles. The van der Waals surface area contributed by atoms with Gasteiger partial charge in [-0.1, -0.05) is 0 Å². The maximum absolute atomic E-state index is 11.9. The van der Waals surface area contributed by atoms with Gasteiger partial charge in [-0.05, 0) is 25.5 Å². The summed E-state index contributed by atoms with van der Waals surface area (Å²) in [6.07, 6.45) is 1.46. The highest BCUT2D eigenvalue weighted by Crippen LogP contribution is 2.22. The molecule has 0 unspecified atom stereocenters. The van der Waals surface area contributed by atoms with Crippen molar-refractivity contribution in [2.45, 2.75) is 19.8 Å². The number of pyridine rings is 1. The van der Waals surface area contributed by atoms with Crippen LogP contribution in [-0.2, 0) is 19.1 Å². The van der Waals surface area contributed by atoms with Gasteiger partial charge in [0, 0.05) is 12.3 Å². The fourth-order valence-corrected chi connectivity index (χ4v) is 1.54. The molecule has 6 heteroatoms. The van der Waals surface area contributed by atoms with Gasteiger partial charge < -0.3 is 14.2 Å². The van der Waals surface area contributed by atoms with Gasteiger partial charge in [0.1, 0.15) is 0 Å². The van der Waals surface area contributed by atoms with Gasteiger partial charge in [0.05, 0.1) is 20.3 Å². The summed E-state index contributed by atoms with van der Waals surface area (Å²) in [7, 11) is 1.45. The van der Waals surface area contributed by atoms with E-state index in [1.54, 1.807) is 19.9 Å². The molecule has 0 fully saturated rings. The van der Waals surface area contributed by atoms with Crippen LogP contribution in [0.5, 0.6) is 5.88 Å². The van der Waals surface area contributed by atoms with E-state index >= 15 is 0 Å². The zero-order chi connectivity index (χ0) is 14.3. The number of ether oxygens (including phenoxy) is 3. The summed E-state index contributed by atoms with van der Waals surface area (Å²) in [5.41, 5.74) is 0.434. The first kappa shape index (κ1) is 14.9. The maximum Gasteiger partial charge on any atom is 0.324 e. The predicted octanol–water partition coefficient (Wildman–Crippen LogP) is 1.30. The van der Waals surface area contributed by atoms with E-state index in [2.05, 4.69) is 4.98 Å². The van der Waals surface area contributed by atoms with E-state index < -0.39 is 17.9 Å². The Balaban J connectivity index is 3.07. The first-order valence-corrected chi connectivity index (χ1v) is 5.97. The number of hydrogen-bond donors (Lipinski definition) is 0. The molecule has 0 spiro atoms. The van der Waals surface area contributed by atoms with Crippen molar-refractivity contribution in [1.29, 1.82) is 0 Å². The van der Waals surface area contributed by atoms with Crippen LogP contribution in [-0.4, -0.2) is 37.2 Å². The van der Waals surface area contributed by atoms with Crippen molar-refractivity contribution in [1.82, 2.24) is 4.98 Å². The highest BCUT2D eigenvalue weighted by molar-refractivity contribution is 6.00. The van der Waals surface area contributed by atoms with Gasteiger partial charge in [0.25, 0.3) is 0 Å². The second kappa shape index (κ2) is 7.35. The normalized spacial score (nSPS) is 10.1. The van der Waals surface area contributed by atoms with Crippen molar-refractivity contribution < 1.29 is 23.8 Å². The Kier molecular flexibility index (Phi) is 5.78. The summed E-state index contributed by atoms with van der Waals surface area (Å²) in [6, 6.07) is 3.07. The number of carbonyl (C=O) groups is 2. The minimum Gasteiger partial charge on any atom is -0.481 e. The van der Waals surface area contributed by atoms with Crippen LogP contribution < -0.4 is 4.74 Å². The second-order valence-electron chi connectivity index (χ2n) is 3.57. The highest BCUT2D eigenvalue weighted by Gasteiger charge is 2.31. The number of methoxy groups -OCH3 is 1. The minimum absolute atomic E-state index is 0.191. The Morgan fingerprint density at radius 2 is 1.79 bits per heavy atom. The lowest BCUT2D eigenvalue weighted by Crippen LogP contribution is -2.26. The van der Waals surface area contributed by atoms with Gasteiger partial charge in [-0.25, -0.2) is 4.98 Å². The van der Waals surface area contributed by atoms with E-state index in [0.29, 0.717) is 11.4 Å². The predicted molar refractivity (Wildman–Crippen MR) is 66.8 cm³/mol. The van der Waals surface area contributed by atoms with Crippen molar-refractivity contribution in [2.24, 2.45) is 0 Å². The summed E-state index contributed by atoms with van der Waals surface area (Å²) in [5.74, 6) is -2.09. The number of esters is 2. The monoisotopic (exact) mass is 267 g/mol. The molecule has 0 saturated carbocycles. The lowest BCUT2D eigenvalue weighted by atomic mass is 10.0. The fraction of sp³-hybridized carbons (Fsp3) is 0.462. The molecule has 1 aromatic heterocycles. The molecule has 1 aromatic rings. The largest absolute Gasteiger partial charge is 0.481 e. The summed E-state index contributed by atoms with van der Waals surface area (Å²) in [5, 5.41) is 0. The first-order valence-electron chi connectivity index (χ1n) is 5.97. The van der Waals surface area contributed by atoms with E-state index in [0.717, 1.165) is 0 Å². The Labute approximate surface area is 111 Å². The fourth-order valence-electron chi connectivity index (χ4n) is 1.54. The molecule has 0 saturated heterocycles. The van der Waals surface area contributed by atoms with Crippen molar-refractivity contribution in [2.75, 3.05) is 20.3 Å². The Morgan fingerprint density at radius 3 is 2.26 bits per heavy atom. The summed E-state index contributed by atoms with van der Waals surface area (Å²) >= 11 is 0. The third-order valence-corrected chi connectivity index (χ3v) is 2.35. The SMILES string of the molecule is CCOC(=O)C(C(=O)OCC)c1ccnc(OC)c1. The molecule has 0 aliphatic heterocycles. The van der Waals surface area contributed by atoms with E-state index in [-0.39, 0.29) is 13.2 Å². The van der Waals surface area contributed by atoms with Crippen LogP contribution in [0.15, 0.2) is 18.3 Å². The number of carbonyl (C=O) groups excluding carboxylic acids is 2. The average Bonchev–Trinajstić information content (AvgIpc) is 2.40. The van der Waals surface area contributed by atoms with E-state index in [9.17, 15) is 9.59 Å². The van der Waals surface area contributed by atoms with Gasteiger partial charge >= 0.3 is 11.9 Å². The highest BCUT2D eigenvalue weighted by atomic mass is 16.6. The smallest absolute Gasteiger partial charge is 0.324 e. The van der Waals surface area contributed by atoms with Crippen molar-refractivity contribution in [3.05, 3.63) is 23.9 Å². The Hall–Kier alpha value is -2.11. The van der Waals surface area contributed by atoms with E-state index in [1.165, 1.54) is 19.4 Å². The van der Waals surface area contributed by atoms with Gasteiger partial charge in [0.15, 0.2) is 5.92 Å². The summed E-state index contributed by atoms with van der Waals surface area (Å²) in [6.45, 7) is 3.73. The van der Waals surface area contributed by atoms with E-state index in [1.807, 2.05) is 0 Å². The molecule has 0 radical (unpaired) electrons. The molecule has 0 N–H and O–H groups in total. The maximum atomic E-state index is 11.9. The molecule has 0 aromatic carbocycles. The molecule has 19 heavy (non-hydrogen) atoms. The van der Waals surface area contributed by atoms with Crippen molar-refractivity contribution >= 4 is 11.9 Å². The van der Waals surface area contributed by atoms with Crippen LogP contribution in [0.1, 0.15) is 25.3 Å². The zero-order valence-electron chi connectivity index (χ0n) is 11.2. The molecule has 1 heterocycles. The zero-order valence-corrected chi connectivity index (χ0v) is 11.2. The van der Waals surface area contributed by atoms with Gasteiger partial charge in [-0.15, -0.1) is 0 Å². The van der Waals surface area contributed by atoms with Gasteiger partial charge in [0.2, 0.25) is 5.88 Å². The molecular formula is C13H17NO5. The first-order chi connectivity index (χ1) is 9.13. The number of nitrogens with zero attached hydrogens (tertiary/aromatic N) is 1. The number of rotatable bonds is 6.